The summed E-state index contributed by atoms with van der Waals surface area (Å²) in [5.41, 5.74) is 5.46. The summed E-state index contributed by atoms with van der Waals surface area (Å²) in [6.07, 6.45) is 0. The molecular formula is C11H18N4O3. The first-order valence-electron chi connectivity index (χ1n) is 5.61. The van der Waals surface area contributed by atoms with E-state index in [1.54, 1.807) is 7.11 Å². The van der Waals surface area contributed by atoms with E-state index in [0.717, 1.165) is 0 Å². The molecule has 0 aliphatic carbocycles. The zero-order valence-electron chi connectivity index (χ0n) is 10.7. The maximum atomic E-state index is 10.7. The second-order valence-corrected chi connectivity index (χ2v) is 4.34. The lowest BCUT2D eigenvalue weighted by Gasteiger charge is -2.22. The Labute approximate surface area is 105 Å². The molecule has 0 aromatic carbocycles. The molecule has 1 atom stereocenters. The molecule has 0 saturated heterocycles. The Hall–Kier alpha value is -1.89. The van der Waals surface area contributed by atoms with Gasteiger partial charge in [-0.15, -0.1) is 0 Å². The van der Waals surface area contributed by atoms with Crippen LogP contribution in [0.25, 0.3) is 0 Å². The maximum Gasteiger partial charge on any atom is 0.276 e. The summed E-state index contributed by atoms with van der Waals surface area (Å²) in [7, 11) is 1.60. The first-order valence-corrected chi connectivity index (χ1v) is 5.61. The molecule has 0 bridgehead atoms. The van der Waals surface area contributed by atoms with Gasteiger partial charge in [0.15, 0.2) is 0 Å². The number of pyridine rings is 1. The Morgan fingerprint density at radius 2 is 2.22 bits per heavy atom. The van der Waals surface area contributed by atoms with Crippen molar-refractivity contribution in [1.29, 1.82) is 0 Å². The van der Waals surface area contributed by atoms with Crippen LogP contribution in [0.2, 0.25) is 0 Å². The Kier molecular flexibility index (Phi) is 4.85. The van der Waals surface area contributed by atoms with Crippen LogP contribution in [0.4, 0.5) is 17.3 Å². The van der Waals surface area contributed by atoms with E-state index < -0.39 is 4.92 Å². The number of hydrogen-bond acceptors (Lipinski definition) is 6. The van der Waals surface area contributed by atoms with Crippen molar-refractivity contribution in [3.05, 3.63) is 22.2 Å². The van der Waals surface area contributed by atoms with Crippen LogP contribution in [0, 0.1) is 16.0 Å². The van der Waals surface area contributed by atoms with Gasteiger partial charge in [0.05, 0.1) is 29.7 Å². The Morgan fingerprint density at radius 3 is 2.72 bits per heavy atom. The van der Waals surface area contributed by atoms with Crippen molar-refractivity contribution < 1.29 is 9.66 Å². The van der Waals surface area contributed by atoms with E-state index in [4.69, 9.17) is 10.5 Å². The summed E-state index contributed by atoms with van der Waals surface area (Å²) in [5.74, 6) is 0.802. The molecule has 1 rings (SSSR count). The Balaban J connectivity index is 2.91. The summed E-state index contributed by atoms with van der Waals surface area (Å²) in [4.78, 5) is 14.3. The molecule has 18 heavy (non-hydrogen) atoms. The average molecular weight is 254 g/mol. The normalized spacial score (nSPS) is 12.4. The lowest BCUT2D eigenvalue weighted by Crippen LogP contribution is -2.30. The van der Waals surface area contributed by atoms with Crippen LogP contribution >= 0.6 is 0 Å². The van der Waals surface area contributed by atoms with Gasteiger partial charge in [-0.3, -0.25) is 10.1 Å². The number of nitro groups is 1. The molecule has 0 aliphatic rings. The molecule has 0 fully saturated rings. The van der Waals surface area contributed by atoms with Gasteiger partial charge in [0.2, 0.25) is 0 Å². The van der Waals surface area contributed by atoms with Gasteiger partial charge in [0.25, 0.3) is 5.69 Å². The van der Waals surface area contributed by atoms with Crippen LogP contribution in [0.5, 0.6) is 0 Å². The second kappa shape index (κ2) is 6.15. The van der Waals surface area contributed by atoms with Gasteiger partial charge in [-0.2, -0.15) is 0 Å². The summed E-state index contributed by atoms with van der Waals surface area (Å²) in [5, 5.41) is 13.8. The summed E-state index contributed by atoms with van der Waals surface area (Å²) in [6, 6.07) is 2.61. The topological polar surface area (TPSA) is 103 Å². The lowest BCUT2D eigenvalue weighted by molar-refractivity contribution is -0.384. The van der Waals surface area contributed by atoms with E-state index in [-0.39, 0.29) is 17.5 Å². The number of nitrogens with two attached hydrogens (primary N) is 1. The zero-order chi connectivity index (χ0) is 13.7. The monoisotopic (exact) mass is 254 g/mol. The van der Waals surface area contributed by atoms with Crippen LogP contribution in [-0.4, -0.2) is 29.7 Å². The van der Waals surface area contributed by atoms with E-state index >= 15 is 0 Å². The number of nitrogens with zero attached hydrogens (tertiary/aromatic N) is 2. The molecule has 100 valence electrons. The molecule has 7 heteroatoms. The molecule has 0 spiro atoms. The van der Waals surface area contributed by atoms with Crippen LogP contribution in [0.1, 0.15) is 13.8 Å². The third kappa shape index (κ3) is 3.85. The van der Waals surface area contributed by atoms with Crippen LogP contribution in [0.3, 0.4) is 0 Å². The predicted molar refractivity (Wildman–Crippen MR) is 69.4 cm³/mol. The number of anilines is 2. The minimum Gasteiger partial charge on any atom is -0.383 e. The minimum absolute atomic E-state index is 0.0175. The average Bonchev–Trinajstić information content (AvgIpc) is 2.27. The summed E-state index contributed by atoms with van der Waals surface area (Å²) >= 11 is 0. The van der Waals surface area contributed by atoms with E-state index in [1.807, 2.05) is 13.8 Å². The van der Waals surface area contributed by atoms with Crippen molar-refractivity contribution in [3.8, 4) is 0 Å². The zero-order valence-corrected chi connectivity index (χ0v) is 10.7. The summed E-state index contributed by atoms with van der Waals surface area (Å²) < 4.78 is 5.09. The molecule has 1 aromatic rings. The molecule has 3 N–H and O–H groups in total. The van der Waals surface area contributed by atoms with Gasteiger partial charge in [0.1, 0.15) is 11.6 Å². The van der Waals surface area contributed by atoms with Crippen LogP contribution in [0.15, 0.2) is 12.1 Å². The summed E-state index contributed by atoms with van der Waals surface area (Å²) in [6.45, 7) is 4.54. The smallest absolute Gasteiger partial charge is 0.276 e. The number of aromatic nitrogens is 1. The fraction of sp³-hybridized carbons (Fsp3) is 0.545. The molecule has 0 saturated carbocycles. The standard InChI is InChI=1S/C11H18N4O3/c1-7(2)9(6-18-3)13-11-5-8(15(16)17)4-10(12)14-11/h4-5,7,9H,6H2,1-3H3,(H3,12,13,14). The first kappa shape index (κ1) is 14.2. The third-order valence-electron chi connectivity index (χ3n) is 2.52. The van der Waals surface area contributed by atoms with Crippen molar-refractivity contribution in [2.45, 2.75) is 19.9 Å². The second-order valence-electron chi connectivity index (χ2n) is 4.34. The maximum absolute atomic E-state index is 10.7. The van der Waals surface area contributed by atoms with Gasteiger partial charge in [-0.05, 0) is 5.92 Å². The molecule has 0 aliphatic heterocycles. The van der Waals surface area contributed by atoms with E-state index in [0.29, 0.717) is 18.3 Å². The molecule has 1 aromatic heterocycles. The Morgan fingerprint density at radius 1 is 1.56 bits per heavy atom. The van der Waals surface area contributed by atoms with Gasteiger partial charge in [0, 0.05) is 7.11 Å². The third-order valence-corrected chi connectivity index (χ3v) is 2.52. The largest absolute Gasteiger partial charge is 0.383 e. The predicted octanol–water partition coefficient (Wildman–Crippen LogP) is 1.65. The van der Waals surface area contributed by atoms with Crippen LogP contribution in [-0.2, 0) is 4.74 Å². The fourth-order valence-electron chi connectivity index (χ4n) is 1.49. The molecule has 7 nitrogen and oxygen atoms in total. The molecule has 1 heterocycles. The number of hydrogen-bond donors (Lipinski definition) is 2. The van der Waals surface area contributed by atoms with Crippen molar-refractivity contribution in [2.75, 3.05) is 24.8 Å². The van der Waals surface area contributed by atoms with Crippen LogP contribution < -0.4 is 11.1 Å². The number of rotatable bonds is 6. The van der Waals surface area contributed by atoms with Crippen molar-refractivity contribution in [1.82, 2.24) is 4.98 Å². The number of ether oxygens (including phenoxy) is 1. The molecule has 1 unspecified atom stereocenters. The molecule has 0 radical (unpaired) electrons. The molecular weight excluding hydrogens is 236 g/mol. The highest BCUT2D eigenvalue weighted by Gasteiger charge is 2.16. The highest BCUT2D eigenvalue weighted by molar-refractivity contribution is 5.53. The van der Waals surface area contributed by atoms with Crippen molar-refractivity contribution >= 4 is 17.3 Å². The quantitative estimate of drug-likeness (QED) is 0.591. The van der Waals surface area contributed by atoms with Gasteiger partial charge < -0.3 is 15.8 Å². The Bertz CT molecular complexity index is 423. The van der Waals surface area contributed by atoms with Crippen molar-refractivity contribution in [2.24, 2.45) is 5.92 Å². The first-order chi connectivity index (χ1) is 8.43. The number of nitrogen functional groups attached to an aromatic ring is 1. The SMILES string of the molecule is COCC(Nc1cc([N+](=O)[O-])cc(N)n1)C(C)C. The highest BCUT2D eigenvalue weighted by Crippen LogP contribution is 2.20. The van der Waals surface area contributed by atoms with Gasteiger partial charge >= 0.3 is 0 Å². The van der Waals surface area contributed by atoms with E-state index in [1.165, 1.54) is 12.1 Å². The van der Waals surface area contributed by atoms with Gasteiger partial charge in [-0.25, -0.2) is 4.98 Å². The number of nitrogens with one attached hydrogen (secondary N) is 1. The van der Waals surface area contributed by atoms with Gasteiger partial charge in [-0.1, -0.05) is 13.8 Å². The fourth-order valence-corrected chi connectivity index (χ4v) is 1.49. The molecule has 0 amide bonds. The van der Waals surface area contributed by atoms with E-state index in [9.17, 15) is 10.1 Å². The van der Waals surface area contributed by atoms with Crippen molar-refractivity contribution in [3.63, 3.8) is 0 Å². The minimum atomic E-state index is -0.496. The lowest BCUT2D eigenvalue weighted by atomic mass is 10.1. The van der Waals surface area contributed by atoms with E-state index in [2.05, 4.69) is 10.3 Å². The number of methoxy groups -OCH3 is 1. The highest BCUT2D eigenvalue weighted by atomic mass is 16.6.